The standard InChI is InChI=1S/C7H10Br2/c8-7(9)5-6-3-1-2-4-6/h5-6H,1-4H2. The van der Waals surface area contributed by atoms with Crippen molar-refractivity contribution in [2.75, 3.05) is 0 Å². The van der Waals surface area contributed by atoms with E-state index in [0.717, 1.165) is 9.31 Å². The van der Waals surface area contributed by atoms with Crippen LogP contribution in [0.2, 0.25) is 0 Å². The zero-order valence-electron chi connectivity index (χ0n) is 5.24. The summed E-state index contributed by atoms with van der Waals surface area (Å²) in [6.45, 7) is 0. The van der Waals surface area contributed by atoms with Gasteiger partial charge >= 0.3 is 0 Å². The van der Waals surface area contributed by atoms with Crippen LogP contribution in [0.25, 0.3) is 0 Å². The van der Waals surface area contributed by atoms with E-state index in [0.29, 0.717) is 0 Å². The summed E-state index contributed by atoms with van der Waals surface area (Å²) in [5.74, 6) is 0.832. The molecule has 0 aliphatic heterocycles. The molecule has 0 heterocycles. The highest BCUT2D eigenvalue weighted by molar-refractivity contribution is 9.28. The van der Waals surface area contributed by atoms with Crippen molar-refractivity contribution in [2.45, 2.75) is 25.7 Å². The molecule has 0 saturated heterocycles. The Hall–Kier alpha value is 0.700. The van der Waals surface area contributed by atoms with Crippen LogP contribution >= 0.6 is 31.9 Å². The Bertz CT molecular complexity index is 108. The fraction of sp³-hybridized carbons (Fsp3) is 0.714. The average Bonchev–Trinajstić information content (AvgIpc) is 2.15. The molecular weight excluding hydrogens is 244 g/mol. The van der Waals surface area contributed by atoms with Crippen LogP contribution in [-0.2, 0) is 0 Å². The van der Waals surface area contributed by atoms with Crippen molar-refractivity contribution in [1.29, 1.82) is 0 Å². The highest BCUT2D eigenvalue weighted by Crippen LogP contribution is 2.29. The maximum atomic E-state index is 3.36. The fourth-order valence-electron chi connectivity index (χ4n) is 1.30. The summed E-state index contributed by atoms with van der Waals surface area (Å²) in [4.78, 5) is 0. The van der Waals surface area contributed by atoms with Gasteiger partial charge in [-0.25, -0.2) is 0 Å². The van der Waals surface area contributed by atoms with Crippen molar-refractivity contribution in [1.82, 2.24) is 0 Å². The molecule has 1 saturated carbocycles. The number of halogens is 2. The van der Waals surface area contributed by atoms with E-state index in [9.17, 15) is 0 Å². The summed E-state index contributed by atoms with van der Waals surface area (Å²) >= 11 is 6.72. The minimum atomic E-state index is 0.832. The summed E-state index contributed by atoms with van der Waals surface area (Å²) in [6.07, 6.45) is 7.83. The molecule has 2 heteroatoms. The highest BCUT2D eigenvalue weighted by atomic mass is 79.9. The Morgan fingerprint density at radius 2 is 1.78 bits per heavy atom. The van der Waals surface area contributed by atoms with Crippen molar-refractivity contribution in [3.05, 3.63) is 9.47 Å². The minimum Gasteiger partial charge on any atom is -0.0601 e. The largest absolute Gasteiger partial charge is 0.0601 e. The van der Waals surface area contributed by atoms with Gasteiger partial charge in [0.15, 0.2) is 0 Å². The molecule has 0 unspecified atom stereocenters. The molecule has 0 atom stereocenters. The molecule has 0 amide bonds. The predicted molar refractivity (Wildman–Crippen MR) is 47.9 cm³/mol. The third-order valence-corrected chi connectivity index (χ3v) is 2.29. The lowest BCUT2D eigenvalue weighted by molar-refractivity contribution is 0.687. The predicted octanol–water partition coefficient (Wildman–Crippen LogP) is 3.81. The average molecular weight is 254 g/mol. The van der Waals surface area contributed by atoms with Crippen LogP contribution in [0.1, 0.15) is 25.7 Å². The molecule has 1 aliphatic rings. The Morgan fingerprint density at radius 1 is 1.22 bits per heavy atom. The zero-order chi connectivity index (χ0) is 6.69. The van der Waals surface area contributed by atoms with E-state index in [1.807, 2.05) is 0 Å². The first-order valence-corrected chi connectivity index (χ1v) is 4.90. The Morgan fingerprint density at radius 3 is 2.22 bits per heavy atom. The van der Waals surface area contributed by atoms with Gasteiger partial charge in [0.05, 0.1) is 3.39 Å². The van der Waals surface area contributed by atoms with Crippen molar-refractivity contribution in [3.63, 3.8) is 0 Å². The second-order valence-corrected chi connectivity index (χ2v) is 5.27. The molecule has 0 nitrogen and oxygen atoms in total. The molecule has 0 N–H and O–H groups in total. The van der Waals surface area contributed by atoms with Crippen LogP contribution in [0.3, 0.4) is 0 Å². The van der Waals surface area contributed by atoms with E-state index < -0.39 is 0 Å². The van der Waals surface area contributed by atoms with Crippen molar-refractivity contribution >= 4 is 31.9 Å². The van der Waals surface area contributed by atoms with E-state index in [4.69, 9.17) is 0 Å². The van der Waals surface area contributed by atoms with Gasteiger partial charge in [0.25, 0.3) is 0 Å². The minimum absolute atomic E-state index is 0.832. The third kappa shape index (κ3) is 2.85. The van der Waals surface area contributed by atoms with Gasteiger partial charge in [0, 0.05) is 0 Å². The number of rotatable bonds is 1. The molecule has 9 heavy (non-hydrogen) atoms. The maximum absolute atomic E-state index is 3.36. The smallest absolute Gasteiger partial charge is 0.0567 e. The summed E-state index contributed by atoms with van der Waals surface area (Å²) in [7, 11) is 0. The van der Waals surface area contributed by atoms with Gasteiger partial charge in [-0.05, 0) is 50.6 Å². The van der Waals surface area contributed by atoms with E-state index in [1.54, 1.807) is 0 Å². The summed E-state index contributed by atoms with van der Waals surface area (Å²) < 4.78 is 1.11. The molecule has 0 bridgehead atoms. The first-order valence-electron chi connectivity index (χ1n) is 3.32. The lowest BCUT2D eigenvalue weighted by Crippen LogP contribution is -1.84. The van der Waals surface area contributed by atoms with Crippen LogP contribution in [-0.4, -0.2) is 0 Å². The number of hydrogen-bond acceptors (Lipinski definition) is 0. The molecule has 52 valence electrons. The van der Waals surface area contributed by atoms with Crippen molar-refractivity contribution in [2.24, 2.45) is 5.92 Å². The van der Waals surface area contributed by atoms with Crippen molar-refractivity contribution in [3.8, 4) is 0 Å². The third-order valence-electron chi connectivity index (χ3n) is 1.76. The summed E-state index contributed by atoms with van der Waals surface area (Å²) in [5.41, 5.74) is 0. The Balaban J connectivity index is 2.35. The zero-order valence-corrected chi connectivity index (χ0v) is 8.41. The van der Waals surface area contributed by atoms with Crippen LogP contribution in [0.5, 0.6) is 0 Å². The van der Waals surface area contributed by atoms with E-state index >= 15 is 0 Å². The van der Waals surface area contributed by atoms with Crippen molar-refractivity contribution < 1.29 is 0 Å². The second kappa shape index (κ2) is 3.77. The van der Waals surface area contributed by atoms with Gasteiger partial charge in [0.1, 0.15) is 0 Å². The van der Waals surface area contributed by atoms with Gasteiger partial charge in [-0.3, -0.25) is 0 Å². The SMILES string of the molecule is BrC(Br)=CC1CCCC1. The fourth-order valence-corrected chi connectivity index (χ4v) is 2.05. The van der Waals surface area contributed by atoms with Gasteiger partial charge in [-0.2, -0.15) is 0 Å². The molecule has 1 fully saturated rings. The van der Waals surface area contributed by atoms with Gasteiger partial charge in [-0.1, -0.05) is 18.9 Å². The number of allylic oxidation sites excluding steroid dienone is 1. The van der Waals surface area contributed by atoms with Crippen LogP contribution < -0.4 is 0 Å². The Kier molecular flexibility index (Phi) is 3.27. The molecule has 0 spiro atoms. The van der Waals surface area contributed by atoms with Crippen LogP contribution in [0.15, 0.2) is 9.47 Å². The molecule has 1 aliphatic carbocycles. The topological polar surface area (TPSA) is 0 Å². The molecule has 0 radical (unpaired) electrons. The molecule has 0 aromatic rings. The quantitative estimate of drug-likeness (QED) is 0.667. The highest BCUT2D eigenvalue weighted by Gasteiger charge is 2.11. The Labute approximate surface area is 73.0 Å². The summed E-state index contributed by atoms with van der Waals surface area (Å²) in [6, 6.07) is 0. The lowest BCUT2D eigenvalue weighted by atomic mass is 10.1. The molecule has 0 aromatic carbocycles. The van der Waals surface area contributed by atoms with E-state index in [-0.39, 0.29) is 0 Å². The van der Waals surface area contributed by atoms with Gasteiger partial charge in [-0.15, -0.1) is 0 Å². The molecule has 1 rings (SSSR count). The van der Waals surface area contributed by atoms with Gasteiger partial charge < -0.3 is 0 Å². The van der Waals surface area contributed by atoms with Gasteiger partial charge in [0.2, 0.25) is 0 Å². The van der Waals surface area contributed by atoms with E-state index in [2.05, 4.69) is 37.9 Å². The van der Waals surface area contributed by atoms with E-state index in [1.165, 1.54) is 25.7 Å². The first kappa shape index (κ1) is 7.80. The summed E-state index contributed by atoms with van der Waals surface area (Å²) in [5, 5.41) is 0. The molecule has 0 aromatic heterocycles. The maximum Gasteiger partial charge on any atom is 0.0567 e. The van der Waals surface area contributed by atoms with Crippen LogP contribution in [0.4, 0.5) is 0 Å². The monoisotopic (exact) mass is 252 g/mol. The number of hydrogen-bond donors (Lipinski definition) is 0. The molecular formula is C7H10Br2. The normalized spacial score (nSPS) is 20.2. The van der Waals surface area contributed by atoms with Crippen LogP contribution in [0, 0.1) is 5.92 Å². The lowest BCUT2D eigenvalue weighted by Gasteiger charge is -1.98. The first-order chi connectivity index (χ1) is 4.29. The second-order valence-electron chi connectivity index (χ2n) is 2.50.